The number of nitrogens with zero attached hydrogens (tertiary/aromatic N) is 2. The number of aliphatic imine (C=N–C) groups is 1. The van der Waals surface area contributed by atoms with Crippen LogP contribution in [0.3, 0.4) is 0 Å². The van der Waals surface area contributed by atoms with Gasteiger partial charge in [0.25, 0.3) is 0 Å². The summed E-state index contributed by atoms with van der Waals surface area (Å²) >= 11 is 6.01. The summed E-state index contributed by atoms with van der Waals surface area (Å²) < 4.78 is 10.8. The molecule has 3 rings (SSSR count). The zero-order valence-electron chi connectivity index (χ0n) is 17.1. The van der Waals surface area contributed by atoms with Crippen molar-refractivity contribution in [2.24, 2.45) is 4.99 Å². The number of nitrogens with one attached hydrogen (secondary N) is 2. The Bertz CT molecular complexity index is 728. The third kappa shape index (κ3) is 7.72. The van der Waals surface area contributed by atoms with Crippen molar-refractivity contribution in [3.63, 3.8) is 0 Å². The summed E-state index contributed by atoms with van der Waals surface area (Å²) in [6, 6.07) is 11.9. The molecule has 0 saturated carbocycles. The molecular weight excluding hydrogens is 388 g/mol. The second-order valence-corrected chi connectivity index (χ2v) is 7.65. The Labute approximate surface area is 178 Å². The van der Waals surface area contributed by atoms with Gasteiger partial charge in [0, 0.05) is 44.2 Å². The molecule has 6 nitrogen and oxygen atoms in total. The molecule has 1 saturated heterocycles. The van der Waals surface area contributed by atoms with Crippen molar-refractivity contribution < 1.29 is 9.15 Å². The number of hydrogen-bond donors (Lipinski definition) is 2. The van der Waals surface area contributed by atoms with Crippen LogP contribution in [-0.4, -0.2) is 56.8 Å². The van der Waals surface area contributed by atoms with Gasteiger partial charge in [-0.3, -0.25) is 9.89 Å². The van der Waals surface area contributed by atoms with Gasteiger partial charge < -0.3 is 19.8 Å². The molecule has 0 bridgehead atoms. The first-order valence-electron chi connectivity index (χ1n) is 10.3. The van der Waals surface area contributed by atoms with Gasteiger partial charge in [-0.2, -0.15) is 0 Å². The lowest BCUT2D eigenvalue weighted by atomic mass is 10.1. The van der Waals surface area contributed by atoms with E-state index in [1.54, 1.807) is 6.26 Å². The monoisotopic (exact) mass is 418 g/mol. The maximum Gasteiger partial charge on any atom is 0.191 e. The van der Waals surface area contributed by atoms with E-state index < -0.39 is 0 Å². The average Bonchev–Trinajstić information content (AvgIpc) is 3.25. The van der Waals surface area contributed by atoms with Crippen LogP contribution in [0, 0.1) is 0 Å². The van der Waals surface area contributed by atoms with Gasteiger partial charge in [-0.05, 0) is 43.2 Å². The molecule has 1 atom stereocenters. The van der Waals surface area contributed by atoms with E-state index in [0.717, 1.165) is 75.5 Å². The fraction of sp³-hybridized carbons (Fsp3) is 0.500. The summed E-state index contributed by atoms with van der Waals surface area (Å²) in [4.78, 5) is 7.23. The molecule has 1 aliphatic heterocycles. The quantitative estimate of drug-likeness (QED) is 0.371. The molecular formula is C22H31ClN4O2. The first-order chi connectivity index (χ1) is 14.2. The van der Waals surface area contributed by atoms with Crippen molar-refractivity contribution in [1.29, 1.82) is 0 Å². The Hall–Kier alpha value is -2.02. The fourth-order valence-electron chi connectivity index (χ4n) is 3.26. The summed E-state index contributed by atoms with van der Waals surface area (Å²) in [6.45, 7) is 8.43. The van der Waals surface area contributed by atoms with Crippen molar-refractivity contribution in [3.8, 4) is 0 Å². The zero-order chi connectivity index (χ0) is 20.3. The normalized spacial score (nSPS) is 16.6. The van der Waals surface area contributed by atoms with Gasteiger partial charge in [-0.25, -0.2) is 0 Å². The number of furan rings is 1. The van der Waals surface area contributed by atoms with Crippen LogP contribution in [0.2, 0.25) is 5.02 Å². The summed E-state index contributed by atoms with van der Waals surface area (Å²) in [5, 5.41) is 7.68. The number of hydrogen-bond acceptors (Lipinski definition) is 4. The van der Waals surface area contributed by atoms with Gasteiger partial charge in [-0.15, -0.1) is 0 Å². The SMILES string of the molecule is CC(NC(=NCCCN1CCOCC1)NCCc1ccco1)c1ccc(Cl)cc1. The molecule has 0 radical (unpaired) electrons. The molecule has 1 aliphatic rings. The minimum absolute atomic E-state index is 0.126. The Morgan fingerprint density at radius 2 is 2.00 bits per heavy atom. The van der Waals surface area contributed by atoms with E-state index >= 15 is 0 Å². The van der Waals surface area contributed by atoms with Crippen LogP contribution in [0.4, 0.5) is 0 Å². The van der Waals surface area contributed by atoms with Gasteiger partial charge in [-0.1, -0.05) is 23.7 Å². The van der Waals surface area contributed by atoms with Crippen LogP contribution in [0.1, 0.15) is 30.7 Å². The molecule has 1 aromatic heterocycles. The van der Waals surface area contributed by atoms with Gasteiger partial charge in [0.1, 0.15) is 5.76 Å². The molecule has 2 heterocycles. The van der Waals surface area contributed by atoms with Crippen molar-refractivity contribution in [2.45, 2.75) is 25.8 Å². The van der Waals surface area contributed by atoms with E-state index in [-0.39, 0.29) is 6.04 Å². The number of halogens is 1. The van der Waals surface area contributed by atoms with E-state index in [2.05, 4.69) is 22.5 Å². The first-order valence-corrected chi connectivity index (χ1v) is 10.7. The first kappa shape index (κ1) is 21.7. The van der Waals surface area contributed by atoms with E-state index in [0.29, 0.717) is 0 Å². The second-order valence-electron chi connectivity index (χ2n) is 7.21. The highest BCUT2D eigenvalue weighted by atomic mass is 35.5. The highest BCUT2D eigenvalue weighted by Gasteiger charge is 2.10. The van der Waals surface area contributed by atoms with Crippen LogP contribution in [0.25, 0.3) is 0 Å². The number of rotatable bonds is 9. The van der Waals surface area contributed by atoms with Crippen molar-refractivity contribution in [1.82, 2.24) is 15.5 Å². The lowest BCUT2D eigenvalue weighted by molar-refractivity contribution is 0.0377. The van der Waals surface area contributed by atoms with Crippen LogP contribution in [-0.2, 0) is 11.2 Å². The number of guanidine groups is 1. The number of morpholine rings is 1. The molecule has 2 aromatic rings. The smallest absolute Gasteiger partial charge is 0.191 e. The molecule has 7 heteroatoms. The Morgan fingerprint density at radius 1 is 1.21 bits per heavy atom. The molecule has 1 aromatic carbocycles. The number of benzene rings is 1. The van der Waals surface area contributed by atoms with Gasteiger partial charge in [0.2, 0.25) is 0 Å². The number of ether oxygens (including phenoxy) is 1. The minimum atomic E-state index is 0.126. The van der Waals surface area contributed by atoms with Gasteiger partial charge in [0.15, 0.2) is 5.96 Å². The Balaban J connectivity index is 1.51. The van der Waals surface area contributed by atoms with Crippen molar-refractivity contribution in [3.05, 3.63) is 59.0 Å². The van der Waals surface area contributed by atoms with E-state index in [9.17, 15) is 0 Å². The molecule has 0 spiro atoms. The highest BCUT2D eigenvalue weighted by molar-refractivity contribution is 6.30. The molecule has 1 fully saturated rings. The highest BCUT2D eigenvalue weighted by Crippen LogP contribution is 2.15. The maximum atomic E-state index is 6.01. The topological polar surface area (TPSA) is 62.0 Å². The predicted molar refractivity (Wildman–Crippen MR) is 118 cm³/mol. The van der Waals surface area contributed by atoms with Crippen LogP contribution in [0.15, 0.2) is 52.1 Å². The zero-order valence-corrected chi connectivity index (χ0v) is 17.8. The summed E-state index contributed by atoms with van der Waals surface area (Å²) in [6.07, 6.45) is 3.55. The van der Waals surface area contributed by atoms with Crippen molar-refractivity contribution >= 4 is 17.6 Å². The fourth-order valence-corrected chi connectivity index (χ4v) is 3.39. The Kier molecular flexibility index (Phi) is 8.86. The van der Waals surface area contributed by atoms with E-state index in [1.807, 2.05) is 36.4 Å². The van der Waals surface area contributed by atoms with Gasteiger partial charge in [0.05, 0.1) is 25.5 Å². The lowest BCUT2D eigenvalue weighted by Crippen LogP contribution is -2.40. The summed E-state index contributed by atoms with van der Waals surface area (Å²) in [5.74, 6) is 1.79. The van der Waals surface area contributed by atoms with Crippen LogP contribution < -0.4 is 10.6 Å². The average molecular weight is 419 g/mol. The Morgan fingerprint density at radius 3 is 2.72 bits per heavy atom. The maximum absolute atomic E-state index is 6.01. The molecule has 1 unspecified atom stereocenters. The van der Waals surface area contributed by atoms with Crippen molar-refractivity contribution in [2.75, 3.05) is 45.9 Å². The predicted octanol–water partition coefficient (Wildman–Crippen LogP) is 3.49. The van der Waals surface area contributed by atoms with E-state index in [4.69, 9.17) is 25.7 Å². The molecule has 0 amide bonds. The lowest BCUT2D eigenvalue weighted by Gasteiger charge is -2.26. The van der Waals surface area contributed by atoms with E-state index in [1.165, 1.54) is 5.56 Å². The molecule has 29 heavy (non-hydrogen) atoms. The third-order valence-corrected chi connectivity index (χ3v) is 5.23. The van der Waals surface area contributed by atoms with Crippen LogP contribution >= 0.6 is 11.6 Å². The summed E-state index contributed by atoms with van der Waals surface area (Å²) in [5.41, 5.74) is 1.17. The van der Waals surface area contributed by atoms with Gasteiger partial charge >= 0.3 is 0 Å². The molecule has 0 aliphatic carbocycles. The summed E-state index contributed by atoms with van der Waals surface area (Å²) in [7, 11) is 0. The second kappa shape index (κ2) is 11.9. The standard InChI is InChI=1S/C22H31ClN4O2/c1-18(19-5-7-20(23)8-6-19)26-22(25-11-9-21-4-2-15-29-21)24-10-3-12-27-13-16-28-17-14-27/h2,4-8,15,18H,3,9-14,16-17H2,1H3,(H2,24,25,26). The minimum Gasteiger partial charge on any atom is -0.469 e. The molecule has 158 valence electrons. The third-order valence-electron chi connectivity index (χ3n) is 4.97. The molecule has 2 N–H and O–H groups in total. The van der Waals surface area contributed by atoms with Crippen LogP contribution in [0.5, 0.6) is 0 Å². The largest absolute Gasteiger partial charge is 0.469 e.